The van der Waals surface area contributed by atoms with Crippen LogP contribution in [0.25, 0.3) is 10.9 Å². The number of halogens is 1. The van der Waals surface area contributed by atoms with Crippen LogP contribution in [-0.2, 0) is 25.4 Å². The van der Waals surface area contributed by atoms with Gasteiger partial charge in [0, 0.05) is 54.2 Å². The second-order valence-electron chi connectivity index (χ2n) is 10.6. The zero-order valence-corrected chi connectivity index (χ0v) is 24.1. The maximum Gasteiger partial charge on any atom is 0.328 e. The molecule has 5 heterocycles. The number of carbonyl (C=O) groups excluding carboxylic acids is 1. The van der Waals surface area contributed by atoms with Crippen molar-refractivity contribution in [3.05, 3.63) is 70.4 Å². The molecule has 42 heavy (non-hydrogen) atoms. The van der Waals surface area contributed by atoms with Gasteiger partial charge in [-0.3, -0.25) is 0 Å². The van der Waals surface area contributed by atoms with Gasteiger partial charge < -0.3 is 33.9 Å². The molecule has 11 nitrogen and oxygen atoms in total. The number of esters is 1. The van der Waals surface area contributed by atoms with Gasteiger partial charge in [-0.15, -0.1) is 0 Å². The Morgan fingerprint density at radius 2 is 1.48 bits per heavy atom. The Morgan fingerprint density at radius 1 is 0.881 bits per heavy atom. The fraction of sp³-hybridized carbons (Fsp3) is 0.400. The molecule has 3 aliphatic heterocycles. The first-order chi connectivity index (χ1) is 20.6. The lowest BCUT2D eigenvalue weighted by atomic mass is 9.88. The number of hydrogen-bond acceptors (Lipinski definition) is 10. The number of fused-ring (bicyclic) bond motifs is 3. The van der Waals surface area contributed by atoms with Crippen molar-refractivity contribution >= 4 is 46.3 Å². The van der Waals surface area contributed by atoms with E-state index in [-0.39, 0.29) is 5.97 Å². The molecule has 0 saturated carbocycles. The molecule has 218 valence electrons. The van der Waals surface area contributed by atoms with Crippen molar-refractivity contribution < 1.29 is 19.0 Å². The highest BCUT2D eigenvalue weighted by Gasteiger charge is 2.43. The summed E-state index contributed by atoms with van der Waals surface area (Å²) in [5.41, 5.74) is 4.01. The lowest BCUT2D eigenvalue weighted by molar-refractivity contribution is -0.142. The number of aromatic amines is 1. The largest absolute Gasteiger partial charge is 0.467 e. The van der Waals surface area contributed by atoms with E-state index in [9.17, 15) is 4.79 Å². The SMILES string of the molecule is COC(=O)[C@@H]1Cc2c([nH]c3ccccc23)[C@H](c2ccc(Cl)cc2)N1c1nc(N2CCOCC2)nc(N2CCOCC2)n1. The molecule has 1 N–H and O–H groups in total. The summed E-state index contributed by atoms with van der Waals surface area (Å²) in [5, 5.41) is 1.71. The van der Waals surface area contributed by atoms with Gasteiger partial charge in [0.2, 0.25) is 17.8 Å². The van der Waals surface area contributed by atoms with E-state index in [4.69, 9.17) is 40.8 Å². The molecule has 12 heteroatoms. The van der Waals surface area contributed by atoms with Gasteiger partial charge in [-0.1, -0.05) is 41.9 Å². The predicted octanol–water partition coefficient (Wildman–Crippen LogP) is 3.37. The molecule has 0 amide bonds. The monoisotopic (exact) mass is 589 g/mol. The normalized spacial score (nSPS) is 21.0. The number of H-pyrrole nitrogens is 1. The van der Waals surface area contributed by atoms with Crippen molar-refractivity contribution in [3.8, 4) is 0 Å². The Morgan fingerprint density at radius 3 is 2.10 bits per heavy atom. The fourth-order valence-electron chi connectivity index (χ4n) is 6.11. The Bertz CT molecular complexity index is 1550. The lowest BCUT2D eigenvalue weighted by Crippen LogP contribution is -2.50. The van der Waals surface area contributed by atoms with Crippen molar-refractivity contribution in [2.45, 2.75) is 18.5 Å². The van der Waals surface area contributed by atoms with Gasteiger partial charge in [0.1, 0.15) is 6.04 Å². The summed E-state index contributed by atoms with van der Waals surface area (Å²) >= 11 is 6.32. The molecule has 0 radical (unpaired) electrons. The standard InChI is InChI=1S/C30H32ClN7O4/c1-40-27(39)24-18-22-21-4-2-3-5-23(21)32-25(22)26(19-6-8-20(31)9-7-19)38(24)30-34-28(36-10-14-41-15-11-36)33-29(35-30)37-12-16-42-17-13-37/h2-9,24,26,32H,10-18H2,1H3/t24-,26-/m0/s1. The van der Waals surface area contributed by atoms with Crippen LogP contribution in [0, 0.1) is 0 Å². The average molecular weight is 590 g/mol. The number of aromatic nitrogens is 4. The molecule has 0 unspecified atom stereocenters. The summed E-state index contributed by atoms with van der Waals surface area (Å²) in [5.74, 6) is 1.18. The van der Waals surface area contributed by atoms with E-state index in [2.05, 4.69) is 26.9 Å². The van der Waals surface area contributed by atoms with E-state index < -0.39 is 12.1 Å². The topological polar surface area (TPSA) is 109 Å². The summed E-state index contributed by atoms with van der Waals surface area (Å²) < 4.78 is 16.6. The van der Waals surface area contributed by atoms with Crippen LogP contribution >= 0.6 is 11.6 Å². The average Bonchev–Trinajstić information content (AvgIpc) is 3.43. The van der Waals surface area contributed by atoms with Crippen molar-refractivity contribution in [2.75, 3.05) is 74.4 Å². The Kier molecular flexibility index (Phi) is 7.31. The first-order valence-electron chi connectivity index (χ1n) is 14.2. The summed E-state index contributed by atoms with van der Waals surface area (Å²) in [7, 11) is 1.42. The summed E-state index contributed by atoms with van der Waals surface area (Å²) in [6, 6.07) is 14.8. The maximum atomic E-state index is 13.6. The summed E-state index contributed by atoms with van der Waals surface area (Å²) in [6.45, 7) is 5.03. The van der Waals surface area contributed by atoms with Crippen molar-refractivity contribution in [1.82, 2.24) is 19.9 Å². The number of anilines is 3. The van der Waals surface area contributed by atoms with Gasteiger partial charge in [-0.25, -0.2) is 4.79 Å². The van der Waals surface area contributed by atoms with Gasteiger partial charge in [-0.05, 0) is 29.3 Å². The molecule has 0 aliphatic carbocycles. The Balaban J connectivity index is 1.44. The highest BCUT2D eigenvalue weighted by molar-refractivity contribution is 6.30. The van der Waals surface area contributed by atoms with E-state index in [0.29, 0.717) is 81.9 Å². The second kappa shape index (κ2) is 11.4. The number of carbonyl (C=O) groups is 1. The van der Waals surface area contributed by atoms with E-state index in [1.165, 1.54) is 7.11 Å². The van der Waals surface area contributed by atoms with Crippen LogP contribution in [0.5, 0.6) is 0 Å². The van der Waals surface area contributed by atoms with E-state index in [0.717, 1.165) is 27.7 Å². The number of rotatable bonds is 5. The van der Waals surface area contributed by atoms with Crippen molar-refractivity contribution in [3.63, 3.8) is 0 Å². The Hall–Kier alpha value is -3.93. The Labute approximate surface area is 248 Å². The third-order valence-electron chi connectivity index (χ3n) is 8.21. The molecular formula is C30H32ClN7O4. The number of ether oxygens (including phenoxy) is 3. The summed E-state index contributed by atoms with van der Waals surface area (Å²) in [4.78, 5) is 38.4. The minimum Gasteiger partial charge on any atom is -0.467 e. The van der Waals surface area contributed by atoms with Gasteiger partial charge >= 0.3 is 5.97 Å². The number of hydrogen-bond donors (Lipinski definition) is 1. The highest BCUT2D eigenvalue weighted by Crippen LogP contribution is 2.43. The number of nitrogens with one attached hydrogen (secondary N) is 1. The van der Waals surface area contributed by atoms with Crippen LogP contribution in [0.2, 0.25) is 5.02 Å². The van der Waals surface area contributed by atoms with E-state index in [1.54, 1.807) is 0 Å². The second-order valence-corrected chi connectivity index (χ2v) is 11.0. The van der Waals surface area contributed by atoms with E-state index >= 15 is 0 Å². The minimum absolute atomic E-state index is 0.355. The maximum absolute atomic E-state index is 13.6. The van der Waals surface area contributed by atoms with Gasteiger partial charge in [0.25, 0.3) is 0 Å². The quantitative estimate of drug-likeness (QED) is 0.348. The van der Waals surface area contributed by atoms with Crippen LogP contribution in [0.15, 0.2) is 48.5 Å². The highest BCUT2D eigenvalue weighted by atomic mass is 35.5. The fourth-order valence-corrected chi connectivity index (χ4v) is 6.24. The predicted molar refractivity (Wildman–Crippen MR) is 159 cm³/mol. The summed E-state index contributed by atoms with van der Waals surface area (Å²) in [6.07, 6.45) is 0.432. The van der Waals surface area contributed by atoms with Crippen molar-refractivity contribution in [1.29, 1.82) is 0 Å². The third kappa shape index (κ3) is 4.91. The van der Waals surface area contributed by atoms with Crippen LogP contribution in [0.1, 0.15) is 22.9 Å². The molecule has 3 aliphatic rings. The number of benzene rings is 2. The molecule has 2 fully saturated rings. The molecule has 2 atom stereocenters. The van der Waals surface area contributed by atoms with Gasteiger partial charge in [0.15, 0.2) is 0 Å². The number of morpholine rings is 2. The third-order valence-corrected chi connectivity index (χ3v) is 8.46. The first-order valence-corrected chi connectivity index (χ1v) is 14.6. The molecule has 2 saturated heterocycles. The molecule has 7 rings (SSSR count). The molecule has 2 aromatic heterocycles. The lowest BCUT2D eigenvalue weighted by Gasteiger charge is -2.41. The molecule has 4 aromatic rings. The molecule has 0 spiro atoms. The number of methoxy groups -OCH3 is 1. The van der Waals surface area contributed by atoms with Crippen LogP contribution in [0.3, 0.4) is 0 Å². The molecular weight excluding hydrogens is 558 g/mol. The van der Waals surface area contributed by atoms with Crippen LogP contribution < -0.4 is 14.7 Å². The van der Waals surface area contributed by atoms with E-state index in [1.807, 2.05) is 41.3 Å². The molecule has 0 bridgehead atoms. The molecule has 2 aromatic carbocycles. The van der Waals surface area contributed by atoms with Gasteiger partial charge in [0.05, 0.1) is 39.6 Å². The first kappa shape index (κ1) is 26.9. The van der Waals surface area contributed by atoms with Crippen LogP contribution in [0.4, 0.5) is 17.8 Å². The van der Waals surface area contributed by atoms with Gasteiger partial charge in [-0.2, -0.15) is 15.0 Å². The minimum atomic E-state index is -0.681. The number of para-hydroxylation sites is 1. The zero-order chi connectivity index (χ0) is 28.6. The van der Waals surface area contributed by atoms with Crippen LogP contribution in [-0.4, -0.2) is 91.7 Å². The zero-order valence-electron chi connectivity index (χ0n) is 23.3. The number of nitrogens with zero attached hydrogens (tertiary/aromatic N) is 6. The smallest absolute Gasteiger partial charge is 0.328 e. The van der Waals surface area contributed by atoms with Crippen molar-refractivity contribution in [2.24, 2.45) is 0 Å².